The molecule has 3 N–H and O–H groups in total. The Morgan fingerprint density at radius 3 is 2.25 bits per heavy atom. The summed E-state index contributed by atoms with van der Waals surface area (Å²) in [6.07, 6.45) is 9.56. The Labute approximate surface area is 119 Å². The summed E-state index contributed by atoms with van der Waals surface area (Å²) >= 11 is 0. The number of aliphatic carboxylic acids is 2. The van der Waals surface area contributed by atoms with Gasteiger partial charge in [0, 0.05) is 13.1 Å². The third-order valence-corrected chi connectivity index (χ3v) is 3.03. The second-order valence-corrected chi connectivity index (χ2v) is 4.79. The van der Waals surface area contributed by atoms with Crippen LogP contribution in [0.25, 0.3) is 0 Å². The van der Waals surface area contributed by atoms with E-state index in [9.17, 15) is 0 Å². The van der Waals surface area contributed by atoms with Gasteiger partial charge in [0.05, 0.1) is 6.61 Å². The van der Waals surface area contributed by atoms with Crippen molar-refractivity contribution in [2.45, 2.75) is 32.6 Å². The minimum Gasteiger partial charge on any atom is -0.473 e. The van der Waals surface area contributed by atoms with Gasteiger partial charge in [-0.2, -0.15) is 0 Å². The molecule has 116 valence electrons. The average molecular weight is 287 g/mol. The fourth-order valence-electron chi connectivity index (χ4n) is 2.14. The van der Waals surface area contributed by atoms with Crippen molar-refractivity contribution in [3.05, 3.63) is 12.2 Å². The van der Waals surface area contributed by atoms with Crippen molar-refractivity contribution in [2.24, 2.45) is 5.92 Å². The Morgan fingerprint density at radius 2 is 1.85 bits per heavy atom. The van der Waals surface area contributed by atoms with Crippen molar-refractivity contribution < 1.29 is 24.9 Å². The smallest absolute Gasteiger partial charge is 0.414 e. The Bertz CT molecular complexity index is 299. The van der Waals surface area contributed by atoms with Crippen molar-refractivity contribution in [3.8, 4) is 0 Å². The molecule has 1 unspecified atom stereocenters. The maximum atomic E-state index is 9.10. The normalized spacial score (nSPS) is 17.4. The van der Waals surface area contributed by atoms with Crippen LogP contribution in [0.5, 0.6) is 0 Å². The van der Waals surface area contributed by atoms with Gasteiger partial charge in [-0.3, -0.25) is 0 Å². The summed E-state index contributed by atoms with van der Waals surface area (Å²) in [5.74, 6) is -2.83. The fourth-order valence-corrected chi connectivity index (χ4v) is 2.14. The second-order valence-electron chi connectivity index (χ2n) is 4.79. The lowest BCUT2D eigenvalue weighted by Gasteiger charge is -2.27. The summed E-state index contributed by atoms with van der Waals surface area (Å²) in [7, 11) is 0. The monoisotopic (exact) mass is 287 g/mol. The standard InChI is InChI=1S/C12H23NO.C2H2O4/c1-2-8-13(9-10-14)11-12-6-4-3-5-7-12;3-1(4)2(5)6/h3-4,12,14H,2,5-11H2,1H3;(H,3,4)(H,5,6). The molecule has 0 aromatic rings. The average Bonchev–Trinajstić information content (AvgIpc) is 2.41. The van der Waals surface area contributed by atoms with E-state index in [1.54, 1.807) is 0 Å². The van der Waals surface area contributed by atoms with E-state index in [1.807, 2.05) is 0 Å². The van der Waals surface area contributed by atoms with Crippen LogP contribution in [0.15, 0.2) is 12.2 Å². The van der Waals surface area contributed by atoms with Crippen molar-refractivity contribution in [1.29, 1.82) is 0 Å². The largest absolute Gasteiger partial charge is 0.473 e. The molecule has 0 saturated heterocycles. The second kappa shape index (κ2) is 11.4. The van der Waals surface area contributed by atoms with Crippen molar-refractivity contribution in [3.63, 3.8) is 0 Å². The van der Waals surface area contributed by atoms with Crippen molar-refractivity contribution >= 4 is 11.9 Å². The van der Waals surface area contributed by atoms with Crippen LogP contribution in [0.1, 0.15) is 32.6 Å². The van der Waals surface area contributed by atoms with Gasteiger partial charge < -0.3 is 20.2 Å². The number of carboxylic acids is 2. The molecule has 1 atom stereocenters. The Hall–Kier alpha value is -1.40. The number of carboxylic acid groups (broad SMARTS) is 2. The van der Waals surface area contributed by atoms with Crippen molar-refractivity contribution in [2.75, 3.05) is 26.2 Å². The summed E-state index contributed by atoms with van der Waals surface area (Å²) < 4.78 is 0. The predicted octanol–water partition coefficient (Wildman–Crippen LogP) is 1.20. The van der Waals surface area contributed by atoms with E-state index < -0.39 is 11.9 Å². The van der Waals surface area contributed by atoms with E-state index >= 15 is 0 Å². The number of hydrogen-bond donors (Lipinski definition) is 3. The Morgan fingerprint density at radius 1 is 1.20 bits per heavy atom. The van der Waals surface area contributed by atoms with E-state index in [1.165, 1.54) is 32.2 Å². The quantitative estimate of drug-likeness (QED) is 0.501. The first-order chi connectivity index (χ1) is 9.51. The van der Waals surface area contributed by atoms with E-state index in [0.717, 1.165) is 19.0 Å². The number of hydrogen-bond acceptors (Lipinski definition) is 4. The van der Waals surface area contributed by atoms with E-state index in [0.29, 0.717) is 6.61 Å². The molecule has 0 aliphatic heterocycles. The lowest BCUT2D eigenvalue weighted by Crippen LogP contribution is -2.33. The number of nitrogens with zero attached hydrogens (tertiary/aromatic N) is 1. The highest BCUT2D eigenvalue weighted by atomic mass is 16.4. The number of carbonyl (C=O) groups is 2. The molecule has 0 saturated carbocycles. The molecule has 1 rings (SSSR count). The molecule has 1 aliphatic carbocycles. The van der Waals surface area contributed by atoms with E-state index in [4.69, 9.17) is 24.9 Å². The van der Waals surface area contributed by atoms with Crippen LogP contribution in [-0.2, 0) is 9.59 Å². The van der Waals surface area contributed by atoms with Crippen LogP contribution in [0.2, 0.25) is 0 Å². The Kier molecular flexibility index (Phi) is 10.6. The molecule has 0 aromatic carbocycles. The molecule has 20 heavy (non-hydrogen) atoms. The fraction of sp³-hybridized carbons (Fsp3) is 0.714. The Balaban J connectivity index is 0.000000511. The molecule has 6 nitrogen and oxygen atoms in total. The maximum absolute atomic E-state index is 9.10. The summed E-state index contributed by atoms with van der Waals surface area (Å²) in [6.45, 7) is 5.63. The lowest BCUT2D eigenvalue weighted by atomic mass is 9.94. The number of aliphatic hydroxyl groups is 1. The zero-order valence-electron chi connectivity index (χ0n) is 12.0. The molecule has 1 aliphatic rings. The number of rotatable bonds is 6. The molecular formula is C14H25NO5. The highest BCUT2D eigenvalue weighted by Crippen LogP contribution is 2.19. The topological polar surface area (TPSA) is 98.1 Å². The predicted molar refractivity (Wildman–Crippen MR) is 75.6 cm³/mol. The number of aliphatic hydroxyl groups excluding tert-OH is 1. The van der Waals surface area contributed by atoms with Gasteiger partial charge in [0.2, 0.25) is 0 Å². The number of allylic oxidation sites excluding steroid dienone is 2. The highest BCUT2D eigenvalue weighted by Gasteiger charge is 2.13. The van der Waals surface area contributed by atoms with Crippen LogP contribution in [0.3, 0.4) is 0 Å². The van der Waals surface area contributed by atoms with E-state index in [-0.39, 0.29) is 0 Å². The third-order valence-electron chi connectivity index (χ3n) is 3.03. The first-order valence-electron chi connectivity index (χ1n) is 6.95. The summed E-state index contributed by atoms with van der Waals surface area (Å²) in [6, 6.07) is 0. The first kappa shape index (κ1) is 18.6. The summed E-state index contributed by atoms with van der Waals surface area (Å²) in [5.41, 5.74) is 0. The van der Waals surface area contributed by atoms with Crippen LogP contribution in [-0.4, -0.2) is 58.4 Å². The molecule has 0 heterocycles. The third kappa shape index (κ3) is 9.52. The molecular weight excluding hydrogens is 262 g/mol. The zero-order valence-corrected chi connectivity index (χ0v) is 12.0. The van der Waals surface area contributed by atoms with Gasteiger partial charge in [-0.1, -0.05) is 19.1 Å². The van der Waals surface area contributed by atoms with Gasteiger partial charge in [0.25, 0.3) is 0 Å². The molecule has 0 aromatic heterocycles. The molecule has 0 bridgehead atoms. The van der Waals surface area contributed by atoms with Crippen LogP contribution in [0.4, 0.5) is 0 Å². The van der Waals surface area contributed by atoms with Gasteiger partial charge in [0.15, 0.2) is 0 Å². The van der Waals surface area contributed by atoms with Gasteiger partial charge in [-0.05, 0) is 38.1 Å². The van der Waals surface area contributed by atoms with Crippen LogP contribution >= 0.6 is 0 Å². The first-order valence-corrected chi connectivity index (χ1v) is 6.95. The molecule has 0 spiro atoms. The molecule has 0 amide bonds. The van der Waals surface area contributed by atoms with Gasteiger partial charge in [-0.15, -0.1) is 0 Å². The lowest BCUT2D eigenvalue weighted by molar-refractivity contribution is -0.159. The summed E-state index contributed by atoms with van der Waals surface area (Å²) in [4.78, 5) is 20.6. The minimum absolute atomic E-state index is 0.294. The zero-order chi connectivity index (χ0) is 15.4. The van der Waals surface area contributed by atoms with E-state index in [2.05, 4.69) is 24.0 Å². The molecule has 6 heteroatoms. The molecule has 0 radical (unpaired) electrons. The van der Waals surface area contributed by atoms with Crippen LogP contribution in [0, 0.1) is 5.92 Å². The molecule has 0 fully saturated rings. The minimum atomic E-state index is -1.82. The highest BCUT2D eigenvalue weighted by molar-refractivity contribution is 6.27. The SMILES string of the molecule is CCCN(CCO)CC1CC=CCC1.O=C(O)C(=O)O. The maximum Gasteiger partial charge on any atom is 0.414 e. The van der Waals surface area contributed by atoms with Crippen molar-refractivity contribution in [1.82, 2.24) is 4.90 Å². The van der Waals surface area contributed by atoms with Gasteiger partial charge >= 0.3 is 11.9 Å². The van der Waals surface area contributed by atoms with Gasteiger partial charge in [0.1, 0.15) is 0 Å². The van der Waals surface area contributed by atoms with Crippen LogP contribution < -0.4 is 0 Å². The van der Waals surface area contributed by atoms with Gasteiger partial charge in [-0.25, -0.2) is 9.59 Å². The summed E-state index contributed by atoms with van der Waals surface area (Å²) in [5, 5.41) is 23.7.